The molecule has 0 unspecified atom stereocenters. The first-order valence-corrected chi connectivity index (χ1v) is 10.1. The van der Waals surface area contributed by atoms with Crippen molar-refractivity contribution in [1.82, 2.24) is 5.16 Å². The van der Waals surface area contributed by atoms with Crippen molar-refractivity contribution in [2.45, 2.75) is 26.3 Å². The Balaban J connectivity index is 1.75. The standard InChI is InChI=1S/C24H20N2O5/c1-3-11-29-16-8-6-7-15(13-16)21-20-22(27)17-9-4-5-10-18(17)30-23(20)24(28)26(21)19-12-14(2)31-25-19/h4-10,12-13,21H,3,11H2,1-2H3/t21-/m0/s1. The quantitative estimate of drug-likeness (QED) is 0.472. The van der Waals surface area contributed by atoms with Crippen molar-refractivity contribution < 1.29 is 18.5 Å². The Morgan fingerprint density at radius 1 is 1.10 bits per heavy atom. The van der Waals surface area contributed by atoms with Crippen LogP contribution in [0.25, 0.3) is 11.0 Å². The van der Waals surface area contributed by atoms with Crippen LogP contribution in [-0.2, 0) is 0 Å². The van der Waals surface area contributed by atoms with E-state index in [2.05, 4.69) is 5.16 Å². The fourth-order valence-electron chi connectivity index (χ4n) is 3.93. The van der Waals surface area contributed by atoms with Gasteiger partial charge in [0.2, 0.25) is 5.76 Å². The topological polar surface area (TPSA) is 85.8 Å². The lowest BCUT2D eigenvalue weighted by Gasteiger charge is -2.22. The molecule has 7 nitrogen and oxygen atoms in total. The van der Waals surface area contributed by atoms with Gasteiger partial charge in [0.25, 0.3) is 5.91 Å². The molecule has 1 aliphatic rings. The van der Waals surface area contributed by atoms with Gasteiger partial charge in [-0.25, -0.2) is 0 Å². The van der Waals surface area contributed by atoms with E-state index in [1.165, 1.54) is 4.90 Å². The average Bonchev–Trinajstić information content (AvgIpc) is 3.33. The van der Waals surface area contributed by atoms with Crippen LogP contribution in [0.4, 0.5) is 5.82 Å². The molecule has 31 heavy (non-hydrogen) atoms. The fraction of sp³-hybridized carbons (Fsp3) is 0.208. The highest BCUT2D eigenvalue weighted by Crippen LogP contribution is 2.41. The van der Waals surface area contributed by atoms with Crippen molar-refractivity contribution in [3.8, 4) is 5.75 Å². The maximum absolute atomic E-state index is 13.5. The van der Waals surface area contributed by atoms with Crippen LogP contribution in [0.1, 0.15) is 46.8 Å². The van der Waals surface area contributed by atoms with Crippen LogP contribution in [0.3, 0.4) is 0 Å². The number of hydrogen-bond acceptors (Lipinski definition) is 6. The van der Waals surface area contributed by atoms with E-state index >= 15 is 0 Å². The zero-order chi connectivity index (χ0) is 21.5. The van der Waals surface area contributed by atoms with E-state index in [-0.39, 0.29) is 16.8 Å². The van der Waals surface area contributed by atoms with E-state index in [9.17, 15) is 9.59 Å². The molecule has 7 heteroatoms. The lowest BCUT2D eigenvalue weighted by Crippen LogP contribution is -2.29. The summed E-state index contributed by atoms with van der Waals surface area (Å²) in [5.74, 6) is 1.14. The van der Waals surface area contributed by atoms with Crippen LogP contribution in [-0.4, -0.2) is 17.7 Å². The van der Waals surface area contributed by atoms with Crippen molar-refractivity contribution in [2.24, 2.45) is 0 Å². The highest BCUT2D eigenvalue weighted by molar-refractivity contribution is 6.10. The van der Waals surface area contributed by atoms with E-state index < -0.39 is 11.9 Å². The number of rotatable bonds is 5. The van der Waals surface area contributed by atoms with E-state index in [0.717, 1.165) is 12.0 Å². The van der Waals surface area contributed by atoms with E-state index in [4.69, 9.17) is 13.7 Å². The van der Waals surface area contributed by atoms with Gasteiger partial charge in [0.15, 0.2) is 11.2 Å². The molecule has 3 heterocycles. The molecule has 2 aromatic heterocycles. The maximum Gasteiger partial charge on any atom is 0.296 e. The van der Waals surface area contributed by atoms with Crippen LogP contribution >= 0.6 is 0 Å². The van der Waals surface area contributed by atoms with E-state index in [0.29, 0.717) is 34.9 Å². The second kappa shape index (κ2) is 7.43. The Morgan fingerprint density at radius 2 is 1.94 bits per heavy atom. The molecule has 0 saturated heterocycles. The van der Waals surface area contributed by atoms with Crippen LogP contribution in [0.5, 0.6) is 5.75 Å². The monoisotopic (exact) mass is 416 g/mol. The summed E-state index contributed by atoms with van der Waals surface area (Å²) in [6.07, 6.45) is 0.870. The Bertz CT molecular complexity index is 1350. The molecule has 0 spiro atoms. The highest BCUT2D eigenvalue weighted by Gasteiger charge is 2.45. The number of aromatic nitrogens is 1. The first-order valence-electron chi connectivity index (χ1n) is 10.1. The average molecular weight is 416 g/mol. The molecule has 0 aliphatic carbocycles. The van der Waals surface area contributed by atoms with E-state index in [1.54, 1.807) is 37.3 Å². The number of hydrogen-bond donors (Lipinski definition) is 0. The molecule has 0 N–H and O–H groups in total. The molecule has 0 fully saturated rings. The molecule has 0 saturated carbocycles. The third kappa shape index (κ3) is 3.09. The zero-order valence-corrected chi connectivity index (χ0v) is 17.1. The second-order valence-corrected chi connectivity index (χ2v) is 7.46. The van der Waals surface area contributed by atoms with Crippen LogP contribution < -0.4 is 15.1 Å². The number of fused-ring (bicyclic) bond motifs is 2. The van der Waals surface area contributed by atoms with Crippen LogP contribution in [0.2, 0.25) is 0 Å². The molecule has 5 rings (SSSR count). The predicted molar refractivity (Wildman–Crippen MR) is 115 cm³/mol. The minimum Gasteiger partial charge on any atom is -0.494 e. The zero-order valence-electron chi connectivity index (χ0n) is 17.1. The SMILES string of the molecule is CCCOc1cccc([C@H]2c3c(oc4ccccc4c3=O)C(=O)N2c2cc(C)on2)c1. The summed E-state index contributed by atoms with van der Waals surface area (Å²) >= 11 is 0. The second-order valence-electron chi connectivity index (χ2n) is 7.46. The van der Waals surface area contributed by atoms with Gasteiger partial charge in [-0.05, 0) is 43.2 Å². The van der Waals surface area contributed by atoms with Crippen molar-refractivity contribution in [1.29, 1.82) is 0 Å². The molecule has 1 aliphatic heterocycles. The molecular weight excluding hydrogens is 396 g/mol. The van der Waals surface area contributed by atoms with Crippen molar-refractivity contribution in [3.63, 3.8) is 0 Å². The van der Waals surface area contributed by atoms with E-state index in [1.807, 2.05) is 31.2 Å². The van der Waals surface area contributed by atoms with Gasteiger partial charge < -0.3 is 13.7 Å². The number of anilines is 1. The molecule has 2 aromatic carbocycles. The lowest BCUT2D eigenvalue weighted by molar-refractivity contribution is 0.0969. The summed E-state index contributed by atoms with van der Waals surface area (Å²) < 4.78 is 16.9. The van der Waals surface area contributed by atoms with Gasteiger partial charge >= 0.3 is 0 Å². The van der Waals surface area contributed by atoms with Gasteiger partial charge in [-0.2, -0.15) is 0 Å². The number of para-hydroxylation sites is 1. The van der Waals surface area contributed by atoms with Crippen molar-refractivity contribution >= 4 is 22.7 Å². The number of nitrogens with zero attached hydrogens (tertiary/aromatic N) is 2. The third-order valence-electron chi connectivity index (χ3n) is 5.29. The van der Waals surface area contributed by atoms with Crippen LogP contribution in [0.15, 0.2) is 68.3 Å². The molecule has 1 atom stereocenters. The maximum atomic E-state index is 13.5. The number of benzene rings is 2. The van der Waals surface area contributed by atoms with Gasteiger partial charge in [0.1, 0.15) is 17.1 Å². The Labute approximate surface area is 177 Å². The predicted octanol–water partition coefficient (Wildman–Crippen LogP) is 4.63. The molecule has 0 bridgehead atoms. The minimum absolute atomic E-state index is 0.0224. The fourth-order valence-corrected chi connectivity index (χ4v) is 3.93. The summed E-state index contributed by atoms with van der Waals surface area (Å²) in [6.45, 7) is 4.35. The smallest absolute Gasteiger partial charge is 0.296 e. The normalized spacial score (nSPS) is 15.5. The van der Waals surface area contributed by atoms with Gasteiger partial charge in [0.05, 0.1) is 23.6 Å². The van der Waals surface area contributed by atoms with Crippen molar-refractivity contribution in [2.75, 3.05) is 11.5 Å². The molecule has 4 aromatic rings. The Kier molecular flexibility index (Phi) is 4.58. The van der Waals surface area contributed by atoms with Gasteiger partial charge in [-0.15, -0.1) is 0 Å². The highest BCUT2D eigenvalue weighted by atomic mass is 16.5. The summed E-state index contributed by atoms with van der Waals surface area (Å²) in [6, 6.07) is 15.3. The van der Waals surface area contributed by atoms with Gasteiger partial charge in [0, 0.05) is 6.07 Å². The largest absolute Gasteiger partial charge is 0.494 e. The number of amides is 1. The number of ether oxygens (including phenoxy) is 1. The minimum atomic E-state index is -0.710. The molecule has 1 amide bonds. The van der Waals surface area contributed by atoms with Gasteiger partial charge in [-0.3, -0.25) is 14.5 Å². The number of aryl methyl sites for hydroxylation is 1. The third-order valence-corrected chi connectivity index (χ3v) is 5.29. The van der Waals surface area contributed by atoms with Crippen LogP contribution in [0, 0.1) is 6.92 Å². The summed E-state index contributed by atoms with van der Waals surface area (Å²) in [4.78, 5) is 28.3. The lowest BCUT2D eigenvalue weighted by atomic mass is 9.98. The van der Waals surface area contributed by atoms with Gasteiger partial charge in [-0.1, -0.05) is 36.3 Å². The summed E-state index contributed by atoms with van der Waals surface area (Å²) in [5, 5.41) is 4.46. The first kappa shape index (κ1) is 19.1. The Morgan fingerprint density at radius 3 is 2.71 bits per heavy atom. The summed E-state index contributed by atoms with van der Waals surface area (Å²) in [7, 11) is 0. The van der Waals surface area contributed by atoms with Crippen molar-refractivity contribution in [3.05, 3.63) is 87.5 Å². The first-order chi connectivity index (χ1) is 15.1. The number of carbonyl (C=O) groups is 1. The Hall–Kier alpha value is -3.87. The molecule has 0 radical (unpaired) electrons. The molecular formula is C24H20N2O5. The molecule has 156 valence electrons. The number of carbonyl (C=O) groups excluding carboxylic acids is 1. The summed E-state index contributed by atoms with van der Waals surface area (Å²) in [5.41, 5.74) is 1.15.